The lowest BCUT2D eigenvalue weighted by Gasteiger charge is -2.33. The van der Waals surface area contributed by atoms with Gasteiger partial charge in [0.25, 0.3) is 0 Å². The Morgan fingerprint density at radius 1 is 1.44 bits per heavy atom. The minimum Gasteiger partial charge on any atom is -0.481 e. The largest absolute Gasteiger partial charge is 0.481 e. The summed E-state index contributed by atoms with van der Waals surface area (Å²) in [5.74, 6) is 3.92. The summed E-state index contributed by atoms with van der Waals surface area (Å²) in [4.78, 5) is 22.4. The number of piperidine rings is 1. The predicted octanol–water partition coefficient (Wildman–Crippen LogP) is 1.91. The molecular formula is C19H20N4O2. The summed E-state index contributed by atoms with van der Waals surface area (Å²) in [6.07, 6.45) is 9.85. The molecule has 3 rings (SSSR count). The lowest BCUT2D eigenvalue weighted by Crippen LogP contribution is -2.44. The standard InChI is InChI=1S/C19H20N4O2/c1-3-11-25-15-5-6-17-16(12-15)19(21-13-20-17)23-9-7-14(8-10-23)22-18(24)4-2/h1,4-6,12-14H,2,7-11H2,(H,22,24). The van der Waals surface area contributed by atoms with E-state index >= 15 is 0 Å². The Morgan fingerprint density at radius 3 is 2.96 bits per heavy atom. The number of hydrogen-bond donors (Lipinski definition) is 1. The highest BCUT2D eigenvalue weighted by Crippen LogP contribution is 2.28. The molecule has 0 bridgehead atoms. The molecule has 6 nitrogen and oxygen atoms in total. The fourth-order valence-corrected chi connectivity index (χ4v) is 2.98. The summed E-state index contributed by atoms with van der Waals surface area (Å²) < 4.78 is 5.51. The fraction of sp³-hybridized carbons (Fsp3) is 0.316. The van der Waals surface area contributed by atoms with Crippen LogP contribution in [0.25, 0.3) is 10.9 Å². The van der Waals surface area contributed by atoms with Crippen LogP contribution in [0.3, 0.4) is 0 Å². The SMILES string of the molecule is C#CCOc1ccc2ncnc(N3CCC(NC(=O)C=C)CC3)c2c1. The highest BCUT2D eigenvalue weighted by atomic mass is 16.5. The molecule has 0 aliphatic carbocycles. The number of hydrogen-bond acceptors (Lipinski definition) is 5. The smallest absolute Gasteiger partial charge is 0.243 e. The molecule has 1 aliphatic heterocycles. The third-order valence-electron chi connectivity index (χ3n) is 4.23. The van der Waals surface area contributed by atoms with Crippen molar-refractivity contribution in [2.24, 2.45) is 0 Å². The number of amides is 1. The van der Waals surface area contributed by atoms with Crippen molar-refractivity contribution in [2.75, 3.05) is 24.6 Å². The van der Waals surface area contributed by atoms with Gasteiger partial charge in [-0.25, -0.2) is 9.97 Å². The molecule has 1 fully saturated rings. The van der Waals surface area contributed by atoms with Gasteiger partial charge in [-0.05, 0) is 37.1 Å². The summed E-state index contributed by atoms with van der Waals surface area (Å²) in [5, 5.41) is 3.89. The first-order valence-corrected chi connectivity index (χ1v) is 8.20. The number of rotatable bonds is 5. The van der Waals surface area contributed by atoms with Gasteiger partial charge in [-0.2, -0.15) is 0 Å². The molecular weight excluding hydrogens is 316 g/mol. The predicted molar refractivity (Wildman–Crippen MR) is 97.4 cm³/mol. The van der Waals surface area contributed by atoms with Crippen LogP contribution in [0.1, 0.15) is 12.8 Å². The zero-order chi connectivity index (χ0) is 17.6. The topological polar surface area (TPSA) is 67.4 Å². The van der Waals surface area contributed by atoms with Crippen LogP contribution < -0.4 is 15.0 Å². The number of nitrogens with zero attached hydrogens (tertiary/aromatic N) is 3. The molecule has 2 aromatic rings. The van der Waals surface area contributed by atoms with Crippen molar-refractivity contribution in [3.63, 3.8) is 0 Å². The Balaban J connectivity index is 1.78. The van der Waals surface area contributed by atoms with E-state index in [9.17, 15) is 4.79 Å². The number of carbonyl (C=O) groups is 1. The summed E-state index contributed by atoms with van der Waals surface area (Å²) in [6.45, 7) is 5.33. The summed E-state index contributed by atoms with van der Waals surface area (Å²) in [7, 11) is 0. The molecule has 0 unspecified atom stereocenters. The van der Waals surface area contributed by atoms with Gasteiger partial charge in [0.1, 0.15) is 24.5 Å². The van der Waals surface area contributed by atoms with Crippen LogP contribution in [-0.4, -0.2) is 41.6 Å². The first-order valence-electron chi connectivity index (χ1n) is 8.20. The van der Waals surface area contributed by atoms with E-state index in [1.165, 1.54) is 6.08 Å². The first kappa shape index (κ1) is 16.8. The number of aromatic nitrogens is 2. The van der Waals surface area contributed by atoms with Crippen LogP contribution in [0.15, 0.2) is 37.2 Å². The van der Waals surface area contributed by atoms with Crippen LogP contribution in [0, 0.1) is 12.3 Å². The Kier molecular flexibility index (Phi) is 5.14. The number of nitrogens with one attached hydrogen (secondary N) is 1. The summed E-state index contributed by atoms with van der Waals surface area (Å²) in [5.41, 5.74) is 0.861. The van der Waals surface area contributed by atoms with Gasteiger partial charge in [-0.1, -0.05) is 12.5 Å². The van der Waals surface area contributed by atoms with Crippen LogP contribution in [0.2, 0.25) is 0 Å². The molecule has 25 heavy (non-hydrogen) atoms. The van der Waals surface area contributed by atoms with Crippen LogP contribution in [0.5, 0.6) is 5.75 Å². The van der Waals surface area contributed by atoms with E-state index in [0.29, 0.717) is 5.75 Å². The molecule has 2 heterocycles. The van der Waals surface area contributed by atoms with Gasteiger partial charge < -0.3 is 15.0 Å². The molecule has 128 valence electrons. The molecule has 1 aliphatic rings. The normalized spacial score (nSPS) is 14.8. The maximum atomic E-state index is 11.4. The molecule has 0 atom stereocenters. The van der Waals surface area contributed by atoms with E-state index in [4.69, 9.17) is 11.2 Å². The highest BCUT2D eigenvalue weighted by Gasteiger charge is 2.22. The van der Waals surface area contributed by atoms with Crippen LogP contribution in [-0.2, 0) is 4.79 Å². The van der Waals surface area contributed by atoms with Gasteiger partial charge in [0.2, 0.25) is 5.91 Å². The number of benzene rings is 1. The quantitative estimate of drug-likeness (QED) is 0.667. The van der Waals surface area contributed by atoms with E-state index in [2.05, 4.69) is 32.7 Å². The Morgan fingerprint density at radius 2 is 2.24 bits per heavy atom. The van der Waals surface area contributed by atoms with E-state index in [1.807, 2.05) is 18.2 Å². The first-order chi connectivity index (χ1) is 12.2. The lowest BCUT2D eigenvalue weighted by molar-refractivity contribution is -0.117. The minimum absolute atomic E-state index is 0.124. The minimum atomic E-state index is -0.124. The molecule has 1 amide bonds. The lowest BCUT2D eigenvalue weighted by atomic mass is 10.0. The number of anilines is 1. The molecule has 1 N–H and O–H groups in total. The van der Waals surface area contributed by atoms with Gasteiger partial charge in [0, 0.05) is 24.5 Å². The third kappa shape index (κ3) is 3.89. The van der Waals surface area contributed by atoms with Crippen LogP contribution >= 0.6 is 0 Å². The average molecular weight is 336 g/mol. The van der Waals surface area contributed by atoms with Crippen molar-refractivity contribution in [1.82, 2.24) is 15.3 Å². The molecule has 0 radical (unpaired) electrons. The van der Waals surface area contributed by atoms with E-state index in [0.717, 1.165) is 42.7 Å². The fourth-order valence-electron chi connectivity index (χ4n) is 2.98. The Bertz CT molecular complexity index is 820. The number of ether oxygens (including phenoxy) is 1. The third-order valence-corrected chi connectivity index (χ3v) is 4.23. The molecule has 1 saturated heterocycles. The Labute approximate surface area is 146 Å². The second kappa shape index (κ2) is 7.67. The van der Waals surface area contributed by atoms with Gasteiger partial charge in [-0.3, -0.25) is 4.79 Å². The van der Waals surface area contributed by atoms with Gasteiger partial charge >= 0.3 is 0 Å². The van der Waals surface area contributed by atoms with E-state index in [1.54, 1.807) is 6.33 Å². The van der Waals surface area contributed by atoms with Crippen LogP contribution in [0.4, 0.5) is 5.82 Å². The second-order valence-electron chi connectivity index (χ2n) is 5.84. The van der Waals surface area contributed by atoms with Gasteiger partial charge in [-0.15, -0.1) is 6.42 Å². The number of terminal acetylenes is 1. The van der Waals surface area contributed by atoms with Crippen molar-refractivity contribution in [2.45, 2.75) is 18.9 Å². The summed E-state index contributed by atoms with van der Waals surface area (Å²) in [6, 6.07) is 5.86. The number of carbonyl (C=O) groups excluding carboxylic acids is 1. The Hall–Kier alpha value is -3.07. The van der Waals surface area contributed by atoms with Crippen molar-refractivity contribution in [3.8, 4) is 18.1 Å². The zero-order valence-corrected chi connectivity index (χ0v) is 13.9. The molecule has 1 aromatic heterocycles. The zero-order valence-electron chi connectivity index (χ0n) is 13.9. The second-order valence-corrected chi connectivity index (χ2v) is 5.84. The van der Waals surface area contributed by atoms with E-state index in [-0.39, 0.29) is 18.6 Å². The maximum absolute atomic E-state index is 11.4. The number of fused-ring (bicyclic) bond motifs is 1. The van der Waals surface area contributed by atoms with Crippen molar-refractivity contribution >= 4 is 22.6 Å². The molecule has 0 saturated carbocycles. The highest BCUT2D eigenvalue weighted by molar-refractivity contribution is 5.90. The van der Waals surface area contributed by atoms with Gasteiger partial charge in [0.15, 0.2) is 0 Å². The summed E-state index contributed by atoms with van der Waals surface area (Å²) >= 11 is 0. The van der Waals surface area contributed by atoms with Crippen molar-refractivity contribution in [1.29, 1.82) is 0 Å². The van der Waals surface area contributed by atoms with E-state index < -0.39 is 0 Å². The monoisotopic (exact) mass is 336 g/mol. The van der Waals surface area contributed by atoms with Crippen molar-refractivity contribution in [3.05, 3.63) is 37.2 Å². The average Bonchev–Trinajstić information content (AvgIpc) is 2.66. The van der Waals surface area contributed by atoms with Gasteiger partial charge in [0.05, 0.1) is 5.52 Å². The molecule has 1 aromatic carbocycles. The molecule has 0 spiro atoms. The maximum Gasteiger partial charge on any atom is 0.243 e. The van der Waals surface area contributed by atoms with Crippen molar-refractivity contribution < 1.29 is 9.53 Å². The molecule has 6 heteroatoms.